The molecule has 0 spiro atoms. The van der Waals surface area contributed by atoms with Gasteiger partial charge in [0, 0.05) is 31.0 Å². The molecule has 4 nitrogen and oxygen atoms in total. The van der Waals surface area contributed by atoms with Crippen LogP contribution >= 0.6 is 0 Å². The first kappa shape index (κ1) is 13.9. The molecule has 0 aliphatic rings. The van der Waals surface area contributed by atoms with Gasteiger partial charge in [-0.3, -0.25) is 4.98 Å². The van der Waals surface area contributed by atoms with Crippen molar-refractivity contribution in [3.05, 3.63) is 42.2 Å². The fourth-order valence-electron chi connectivity index (χ4n) is 2.10. The van der Waals surface area contributed by atoms with Gasteiger partial charge < -0.3 is 14.6 Å². The molecule has 19 heavy (non-hydrogen) atoms. The quantitative estimate of drug-likeness (QED) is 0.812. The lowest BCUT2D eigenvalue weighted by molar-refractivity contribution is -0.191. The molecule has 1 aromatic heterocycles. The molecular weight excluding hydrogens is 242 g/mol. The van der Waals surface area contributed by atoms with Crippen LogP contribution in [0.25, 0.3) is 10.8 Å². The summed E-state index contributed by atoms with van der Waals surface area (Å²) in [6.45, 7) is 4.74. The fraction of sp³-hybridized carbons (Fsp3) is 0.400. The highest BCUT2D eigenvalue weighted by Crippen LogP contribution is 2.27. The Bertz CT molecular complexity index is 518. The van der Waals surface area contributed by atoms with Crippen molar-refractivity contribution in [3.8, 4) is 0 Å². The van der Waals surface area contributed by atoms with Crippen molar-refractivity contribution in [1.29, 1.82) is 0 Å². The predicted molar refractivity (Wildman–Crippen MR) is 73.7 cm³/mol. The van der Waals surface area contributed by atoms with E-state index < -0.39 is 12.4 Å². The summed E-state index contributed by atoms with van der Waals surface area (Å²) in [6, 6.07) is 7.70. The molecule has 0 radical (unpaired) electrons. The number of aliphatic hydroxyl groups excluding tert-OH is 1. The predicted octanol–water partition coefficient (Wildman–Crippen LogP) is 2.67. The maximum atomic E-state index is 10.5. The van der Waals surface area contributed by atoms with Crippen molar-refractivity contribution in [2.24, 2.45) is 0 Å². The van der Waals surface area contributed by atoms with Crippen LogP contribution in [0.4, 0.5) is 0 Å². The molecule has 4 heteroatoms. The normalized spacial score (nSPS) is 13.1. The van der Waals surface area contributed by atoms with E-state index >= 15 is 0 Å². The minimum absolute atomic E-state index is 0.491. The molecule has 2 rings (SSSR count). The highest BCUT2D eigenvalue weighted by atomic mass is 16.7. The van der Waals surface area contributed by atoms with Crippen LogP contribution in [-0.4, -0.2) is 29.6 Å². The summed E-state index contributed by atoms with van der Waals surface area (Å²) in [5.74, 6) is 0. The van der Waals surface area contributed by atoms with Crippen LogP contribution in [-0.2, 0) is 9.47 Å². The minimum atomic E-state index is -0.826. The second-order valence-electron chi connectivity index (χ2n) is 4.17. The van der Waals surface area contributed by atoms with Gasteiger partial charge in [0.2, 0.25) is 0 Å². The van der Waals surface area contributed by atoms with Crippen LogP contribution in [0.3, 0.4) is 0 Å². The first-order valence-corrected chi connectivity index (χ1v) is 6.51. The van der Waals surface area contributed by atoms with Crippen LogP contribution in [0.5, 0.6) is 0 Å². The SMILES string of the molecule is CCOC(OCC)C(O)c1cccc2ccncc12. The maximum absolute atomic E-state index is 10.5. The van der Waals surface area contributed by atoms with Gasteiger partial charge in [-0.1, -0.05) is 18.2 Å². The number of nitrogens with zero attached hydrogens (tertiary/aromatic N) is 1. The van der Waals surface area contributed by atoms with Crippen LogP contribution < -0.4 is 0 Å². The lowest BCUT2D eigenvalue weighted by Crippen LogP contribution is -2.25. The van der Waals surface area contributed by atoms with Gasteiger partial charge in [-0.25, -0.2) is 0 Å². The molecule has 1 atom stereocenters. The van der Waals surface area contributed by atoms with Crippen LogP contribution in [0.15, 0.2) is 36.7 Å². The largest absolute Gasteiger partial charge is 0.383 e. The van der Waals surface area contributed by atoms with E-state index in [4.69, 9.17) is 9.47 Å². The molecule has 102 valence electrons. The summed E-state index contributed by atoms with van der Waals surface area (Å²) in [6.07, 6.45) is 2.01. The summed E-state index contributed by atoms with van der Waals surface area (Å²) in [5.41, 5.74) is 0.775. The third kappa shape index (κ3) is 3.10. The minimum Gasteiger partial charge on any atom is -0.383 e. The Morgan fingerprint density at radius 1 is 1.16 bits per heavy atom. The van der Waals surface area contributed by atoms with Crippen molar-refractivity contribution in [2.75, 3.05) is 13.2 Å². The van der Waals surface area contributed by atoms with Crippen molar-refractivity contribution in [3.63, 3.8) is 0 Å². The van der Waals surface area contributed by atoms with Crippen LogP contribution in [0.2, 0.25) is 0 Å². The van der Waals surface area contributed by atoms with E-state index in [1.165, 1.54) is 0 Å². The first-order valence-electron chi connectivity index (χ1n) is 6.51. The highest BCUT2D eigenvalue weighted by molar-refractivity contribution is 5.85. The molecule has 2 aromatic rings. The number of hydrogen-bond acceptors (Lipinski definition) is 4. The Hall–Kier alpha value is -1.49. The van der Waals surface area contributed by atoms with Gasteiger partial charge in [0.15, 0.2) is 6.29 Å². The Kier molecular flexibility index (Phi) is 4.85. The smallest absolute Gasteiger partial charge is 0.187 e. The molecule has 0 aliphatic carbocycles. The molecule has 0 fully saturated rings. The molecule has 1 aromatic carbocycles. The average Bonchev–Trinajstić information content (AvgIpc) is 2.46. The Morgan fingerprint density at radius 2 is 1.89 bits per heavy atom. The summed E-state index contributed by atoms with van der Waals surface area (Å²) < 4.78 is 10.9. The van der Waals surface area contributed by atoms with E-state index in [-0.39, 0.29) is 0 Å². The number of fused-ring (bicyclic) bond motifs is 1. The van der Waals surface area contributed by atoms with Gasteiger partial charge in [0.05, 0.1) is 0 Å². The van der Waals surface area contributed by atoms with Crippen molar-refractivity contribution in [2.45, 2.75) is 26.2 Å². The van der Waals surface area contributed by atoms with Gasteiger partial charge in [-0.05, 0) is 30.9 Å². The standard InChI is InChI=1S/C15H19NO3/c1-3-18-15(19-4-2)14(17)12-7-5-6-11-8-9-16-10-13(11)12/h5-10,14-15,17H,3-4H2,1-2H3. The summed E-state index contributed by atoms with van der Waals surface area (Å²) >= 11 is 0. The number of rotatable bonds is 6. The highest BCUT2D eigenvalue weighted by Gasteiger charge is 2.23. The number of hydrogen-bond donors (Lipinski definition) is 1. The molecule has 0 bridgehead atoms. The summed E-state index contributed by atoms with van der Waals surface area (Å²) in [7, 11) is 0. The molecular formula is C15H19NO3. The van der Waals surface area contributed by atoms with E-state index in [1.54, 1.807) is 12.4 Å². The Morgan fingerprint density at radius 3 is 2.58 bits per heavy atom. The first-order chi connectivity index (χ1) is 9.27. The molecule has 1 unspecified atom stereocenters. The van der Waals surface area contributed by atoms with Gasteiger partial charge in [0.25, 0.3) is 0 Å². The number of aromatic nitrogens is 1. The third-order valence-corrected chi connectivity index (χ3v) is 2.96. The number of pyridine rings is 1. The maximum Gasteiger partial charge on any atom is 0.187 e. The van der Waals surface area contributed by atoms with E-state index in [2.05, 4.69) is 4.98 Å². The van der Waals surface area contributed by atoms with Gasteiger partial charge >= 0.3 is 0 Å². The number of benzene rings is 1. The van der Waals surface area contributed by atoms with E-state index in [9.17, 15) is 5.11 Å². The lowest BCUT2D eigenvalue weighted by atomic mass is 10.0. The molecule has 1 heterocycles. The Balaban J connectivity index is 2.36. The van der Waals surface area contributed by atoms with Gasteiger partial charge in [-0.2, -0.15) is 0 Å². The average molecular weight is 261 g/mol. The fourth-order valence-corrected chi connectivity index (χ4v) is 2.10. The number of ether oxygens (including phenoxy) is 2. The molecule has 0 aliphatic heterocycles. The van der Waals surface area contributed by atoms with Crippen molar-refractivity contribution >= 4 is 10.8 Å². The zero-order valence-electron chi connectivity index (χ0n) is 11.2. The lowest BCUT2D eigenvalue weighted by Gasteiger charge is -2.23. The van der Waals surface area contributed by atoms with Crippen molar-refractivity contribution in [1.82, 2.24) is 4.98 Å². The second-order valence-corrected chi connectivity index (χ2v) is 4.17. The topological polar surface area (TPSA) is 51.6 Å². The van der Waals surface area contributed by atoms with Gasteiger partial charge in [0.1, 0.15) is 6.10 Å². The second kappa shape index (κ2) is 6.61. The van der Waals surface area contributed by atoms with Crippen LogP contribution in [0, 0.1) is 0 Å². The van der Waals surface area contributed by atoms with E-state index in [0.29, 0.717) is 13.2 Å². The van der Waals surface area contributed by atoms with Gasteiger partial charge in [-0.15, -0.1) is 0 Å². The summed E-state index contributed by atoms with van der Waals surface area (Å²) in [4.78, 5) is 4.11. The number of aliphatic hydroxyl groups is 1. The molecule has 1 N–H and O–H groups in total. The summed E-state index contributed by atoms with van der Waals surface area (Å²) in [5, 5.41) is 12.4. The van der Waals surface area contributed by atoms with Crippen molar-refractivity contribution < 1.29 is 14.6 Å². The van der Waals surface area contributed by atoms with Crippen LogP contribution in [0.1, 0.15) is 25.5 Å². The zero-order valence-corrected chi connectivity index (χ0v) is 11.2. The zero-order chi connectivity index (χ0) is 13.7. The molecule has 0 saturated heterocycles. The third-order valence-electron chi connectivity index (χ3n) is 2.96. The van der Waals surface area contributed by atoms with E-state index in [0.717, 1.165) is 16.3 Å². The Labute approximate surface area is 113 Å². The molecule has 0 amide bonds. The van der Waals surface area contributed by atoms with E-state index in [1.807, 2.05) is 38.1 Å². The monoisotopic (exact) mass is 261 g/mol. The molecule has 0 saturated carbocycles.